The summed E-state index contributed by atoms with van der Waals surface area (Å²) in [5.41, 5.74) is 0.338. The third-order valence-corrected chi connectivity index (χ3v) is 12.6. The Morgan fingerprint density at radius 3 is 2.46 bits per heavy atom. The van der Waals surface area contributed by atoms with Crippen LogP contribution in [0.5, 0.6) is 0 Å². The van der Waals surface area contributed by atoms with Crippen LogP contribution in [0.25, 0.3) is 0 Å². The van der Waals surface area contributed by atoms with Gasteiger partial charge in [-0.3, -0.25) is 0 Å². The number of hydrogen-bond acceptors (Lipinski definition) is 2. The molecule has 1 N–H and O–H groups in total. The molecule has 0 heterocycles. The Labute approximate surface area is 163 Å². The second-order valence-corrected chi connectivity index (χ2v) is 15.7. The first-order valence-corrected chi connectivity index (χ1v) is 13.8. The van der Waals surface area contributed by atoms with Crippen molar-refractivity contribution in [1.29, 1.82) is 0 Å². The zero-order chi connectivity index (χ0) is 19.8. The Morgan fingerprint density at radius 2 is 1.85 bits per heavy atom. The summed E-state index contributed by atoms with van der Waals surface area (Å²) in [5, 5.41) is 10.7. The lowest BCUT2D eigenvalue weighted by molar-refractivity contribution is -0.0231. The molecular weight excluding hydrogens is 336 g/mol. The van der Waals surface area contributed by atoms with Crippen LogP contribution >= 0.6 is 0 Å². The molecule has 2 aliphatic carbocycles. The SMILES string of the molecule is C[C@H](C/C=C/[C@@H](C)[C@H]1CC[C@H]2[C@@H](O)CCC[C@]12C)O[Si](C)(C)C(C)(C)C. The van der Waals surface area contributed by atoms with E-state index in [4.69, 9.17) is 4.43 Å². The highest BCUT2D eigenvalue weighted by Gasteiger charge is 2.51. The van der Waals surface area contributed by atoms with Gasteiger partial charge in [0.2, 0.25) is 0 Å². The molecule has 0 aliphatic heterocycles. The molecule has 2 saturated carbocycles. The van der Waals surface area contributed by atoms with Crippen molar-refractivity contribution in [2.75, 3.05) is 0 Å². The van der Waals surface area contributed by atoms with Gasteiger partial charge in [-0.05, 0) is 80.3 Å². The van der Waals surface area contributed by atoms with Crippen molar-refractivity contribution in [3.63, 3.8) is 0 Å². The van der Waals surface area contributed by atoms with Crippen molar-refractivity contribution in [3.05, 3.63) is 12.2 Å². The maximum absolute atomic E-state index is 10.4. The van der Waals surface area contributed by atoms with Gasteiger partial charge in [-0.1, -0.05) is 53.2 Å². The largest absolute Gasteiger partial charge is 0.414 e. The van der Waals surface area contributed by atoms with E-state index >= 15 is 0 Å². The van der Waals surface area contributed by atoms with Gasteiger partial charge >= 0.3 is 0 Å². The van der Waals surface area contributed by atoms with Crippen molar-refractivity contribution >= 4 is 8.32 Å². The zero-order valence-corrected chi connectivity index (χ0v) is 19.6. The van der Waals surface area contributed by atoms with Gasteiger partial charge in [0.05, 0.1) is 6.10 Å². The minimum Gasteiger partial charge on any atom is -0.414 e. The smallest absolute Gasteiger partial charge is 0.192 e. The van der Waals surface area contributed by atoms with Gasteiger partial charge in [0.15, 0.2) is 8.32 Å². The number of aliphatic hydroxyl groups excluding tert-OH is 1. The average Bonchev–Trinajstić information content (AvgIpc) is 2.84. The highest BCUT2D eigenvalue weighted by Crippen LogP contribution is 2.57. The molecule has 26 heavy (non-hydrogen) atoms. The van der Waals surface area contributed by atoms with Gasteiger partial charge in [0, 0.05) is 6.10 Å². The Bertz CT molecular complexity index is 493. The molecule has 3 heteroatoms. The zero-order valence-electron chi connectivity index (χ0n) is 18.6. The van der Waals surface area contributed by atoms with Crippen molar-refractivity contribution in [3.8, 4) is 0 Å². The van der Waals surface area contributed by atoms with Crippen molar-refractivity contribution in [2.45, 2.75) is 110 Å². The quantitative estimate of drug-likeness (QED) is 0.418. The Kier molecular flexibility index (Phi) is 6.90. The van der Waals surface area contributed by atoms with Gasteiger partial charge in [0.25, 0.3) is 0 Å². The lowest BCUT2D eigenvalue weighted by Crippen LogP contribution is -2.43. The van der Waals surface area contributed by atoms with Gasteiger partial charge in [-0.25, -0.2) is 0 Å². The molecule has 0 aromatic heterocycles. The van der Waals surface area contributed by atoms with Crippen LogP contribution in [-0.2, 0) is 4.43 Å². The third-order valence-electron chi connectivity index (χ3n) is 8.01. The standard InChI is InChI=1S/C23H44O2Si/c1-17(11-9-12-18(2)25-26(7,8)22(3,4)5)19-14-15-20-21(24)13-10-16-23(19,20)6/h9,11,17-21,24H,10,12-16H2,1-8H3/b11-9+/t17-,18-,19-,20+,21+,23-/m1/s1. The van der Waals surface area contributed by atoms with Crippen LogP contribution in [0, 0.1) is 23.2 Å². The third kappa shape index (κ3) is 4.64. The summed E-state index contributed by atoms with van der Waals surface area (Å²) < 4.78 is 6.48. The summed E-state index contributed by atoms with van der Waals surface area (Å²) in [6.07, 6.45) is 12.0. The van der Waals surface area contributed by atoms with E-state index < -0.39 is 8.32 Å². The van der Waals surface area contributed by atoms with Crippen LogP contribution in [0.4, 0.5) is 0 Å². The van der Waals surface area contributed by atoms with Crippen molar-refractivity contribution in [1.82, 2.24) is 0 Å². The first-order valence-electron chi connectivity index (χ1n) is 10.9. The Balaban J connectivity index is 1.90. The first-order chi connectivity index (χ1) is 11.9. The summed E-state index contributed by atoms with van der Waals surface area (Å²) in [6.45, 7) is 18.6. The summed E-state index contributed by atoms with van der Waals surface area (Å²) in [4.78, 5) is 0. The molecule has 152 valence electrons. The molecule has 0 unspecified atom stereocenters. The fourth-order valence-corrected chi connectivity index (χ4v) is 6.86. The molecule has 2 fully saturated rings. The molecule has 2 aliphatic rings. The van der Waals surface area contributed by atoms with Crippen LogP contribution in [-0.4, -0.2) is 25.6 Å². The fourth-order valence-electron chi connectivity index (χ4n) is 5.40. The molecule has 0 amide bonds. The fraction of sp³-hybridized carbons (Fsp3) is 0.913. The Hall–Kier alpha value is -0.123. The van der Waals surface area contributed by atoms with E-state index in [1.807, 2.05) is 0 Å². The van der Waals surface area contributed by atoms with E-state index in [1.54, 1.807) is 0 Å². The number of allylic oxidation sites excluding steroid dienone is 1. The van der Waals surface area contributed by atoms with Gasteiger partial charge < -0.3 is 9.53 Å². The van der Waals surface area contributed by atoms with Crippen molar-refractivity contribution in [2.24, 2.45) is 23.2 Å². The van der Waals surface area contributed by atoms with Crippen LogP contribution in [0.3, 0.4) is 0 Å². The van der Waals surface area contributed by atoms with Crippen LogP contribution in [0.15, 0.2) is 12.2 Å². The topological polar surface area (TPSA) is 29.5 Å². The Morgan fingerprint density at radius 1 is 1.19 bits per heavy atom. The van der Waals surface area contributed by atoms with Crippen molar-refractivity contribution < 1.29 is 9.53 Å². The van der Waals surface area contributed by atoms with E-state index in [0.717, 1.165) is 18.8 Å². The molecule has 0 bridgehead atoms. The van der Waals surface area contributed by atoms with E-state index in [0.29, 0.717) is 23.4 Å². The molecule has 0 aromatic rings. The summed E-state index contributed by atoms with van der Waals surface area (Å²) >= 11 is 0. The average molecular weight is 381 g/mol. The predicted molar refractivity (Wildman–Crippen MR) is 115 cm³/mol. The number of rotatable bonds is 6. The predicted octanol–water partition coefficient (Wildman–Crippen LogP) is 6.56. The first kappa shape index (κ1) is 22.2. The molecule has 2 rings (SSSR count). The maximum Gasteiger partial charge on any atom is 0.192 e. The number of hydrogen-bond donors (Lipinski definition) is 1. The second kappa shape index (κ2) is 8.09. The van der Waals surface area contributed by atoms with Gasteiger partial charge in [0.1, 0.15) is 0 Å². The van der Waals surface area contributed by atoms with Crippen LogP contribution in [0.1, 0.15) is 80.1 Å². The molecule has 2 nitrogen and oxygen atoms in total. The molecule has 0 aromatic carbocycles. The van der Waals surface area contributed by atoms with E-state index in [2.05, 4.69) is 66.8 Å². The second-order valence-electron chi connectivity index (χ2n) is 11.0. The lowest BCUT2D eigenvalue weighted by atomic mass is 9.62. The number of fused-ring (bicyclic) bond motifs is 1. The minimum absolute atomic E-state index is 0.0621. The van der Waals surface area contributed by atoms with E-state index in [-0.39, 0.29) is 11.1 Å². The molecule has 0 radical (unpaired) electrons. The normalized spacial score (nSPS) is 35.5. The highest BCUT2D eigenvalue weighted by atomic mass is 28.4. The van der Waals surface area contributed by atoms with Crippen LogP contribution in [0.2, 0.25) is 18.1 Å². The molecule has 0 saturated heterocycles. The molecular formula is C23H44O2Si. The van der Waals surface area contributed by atoms with Gasteiger partial charge in [-0.15, -0.1) is 0 Å². The van der Waals surface area contributed by atoms with Crippen LogP contribution < -0.4 is 0 Å². The van der Waals surface area contributed by atoms with E-state index in [9.17, 15) is 5.11 Å². The molecule has 0 spiro atoms. The summed E-state index contributed by atoms with van der Waals surface area (Å²) in [6, 6.07) is 0. The lowest BCUT2D eigenvalue weighted by Gasteiger charge is -2.44. The van der Waals surface area contributed by atoms with E-state index in [1.165, 1.54) is 25.7 Å². The maximum atomic E-state index is 10.4. The summed E-state index contributed by atoms with van der Waals surface area (Å²) in [5.74, 6) is 1.84. The minimum atomic E-state index is -1.68. The summed E-state index contributed by atoms with van der Waals surface area (Å²) in [7, 11) is -1.68. The monoisotopic (exact) mass is 380 g/mol. The highest BCUT2D eigenvalue weighted by molar-refractivity contribution is 6.74. The molecule has 6 atom stereocenters. The van der Waals surface area contributed by atoms with Gasteiger partial charge in [-0.2, -0.15) is 0 Å². The number of aliphatic hydroxyl groups is 1.